The lowest BCUT2D eigenvalue weighted by atomic mass is 10.0. The molecule has 2 heterocycles. The van der Waals surface area contributed by atoms with Crippen LogP contribution in [0.5, 0.6) is 0 Å². The first-order chi connectivity index (χ1) is 9.04. The van der Waals surface area contributed by atoms with Crippen LogP contribution in [-0.2, 0) is 0 Å². The molecule has 0 aliphatic carbocycles. The molecule has 6 heteroatoms. The number of nitrogens with zero attached hydrogens (tertiary/aromatic N) is 2. The summed E-state index contributed by atoms with van der Waals surface area (Å²) in [7, 11) is 0. The molecule has 1 fully saturated rings. The maximum absolute atomic E-state index is 11.9. The molecule has 106 valence electrons. The quantitative estimate of drug-likeness (QED) is 0.895. The Kier molecular flexibility index (Phi) is 4.76. The summed E-state index contributed by atoms with van der Waals surface area (Å²) in [5.74, 6) is 0. The van der Waals surface area contributed by atoms with Gasteiger partial charge in [-0.3, -0.25) is 10.2 Å². The van der Waals surface area contributed by atoms with Gasteiger partial charge in [0.1, 0.15) is 0 Å². The van der Waals surface area contributed by atoms with Gasteiger partial charge in [-0.15, -0.1) is 11.3 Å². The van der Waals surface area contributed by atoms with E-state index in [2.05, 4.69) is 34.4 Å². The Morgan fingerprint density at radius 3 is 3.00 bits per heavy atom. The number of thiazole rings is 1. The summed E-state index contributed by atoms with van der Waals surface area (Å²) in [6.45, 7) is 8.43. The van der Waals surface area contributed by atoms with E-state index >= 15 is 0 Å². The van der Waals surface area contributed by atoms with Gasteiger partial charge in [0.05, 0.1) is 0 Å². The highest BCUT2D eigenvalue weighted by Gasteiger charge is 2.22. The summed E-state index contributed by atoms with van der Waals surface area (Å²) in [6, 6.07) is 0.622. The van der Waals surface area contributed by atoms with Crippen LogP contribution in [0.1, 0.15) is 31.6 Å². The van der Waals surface area contributed by atoms with Crippen LogP contribution in [0.15, 0.2) is 6.20 Å². The van der Waals surface area contributed by atoms with Crippen molar-refractivity contribution in [2.45, 2.75) is 45.7 Å². The van der Waals surface area contributed by atoms with Crippen LogP contribution in [0.25, 0.3) is 0 Å². The summed E-state index contributed by atoms with van der Waals surface area (Å²) >= 11 is 1.49. The van der Waals surface area contributed by atoms with E-state index in [-0.39, 0.29) is 12.1 Å². The summed E-state index contributed by atoms with van der Waals surface area (Å²) in [4.78, 5) is 19.5. The molecule has 2 amide bonds. The number of aryl methyl sites for hydroxylation is 1. The third-order valence-corrected chi connectivity index (χ3v) is 4.19. The minimum atomic E-state index is -0.148. The summed E-state index contributed by atoms with van der Waals surface area (Å²) in [5.41, 5.74) is 0. The number of rotatable bonds is 3. The largest absolute Gasteiger partial charge is 0.334 e. The molecule has 2 rings (SSSR count). The molecule has 0 unspecified atom stereocenters. The van der Waals surface area contributed by atoms with Crippen molar-refractivity contribution in [3.63, 3.8) is 0 Å². The zero-order valence-corrected chi connectivity index (χ0v) is 12.6. The van der Waals surface area contributed by atoms with Crippen LogP contribution in [0, 0.1) is 6.92 Å². The first kappa shape index (κ1) is 14.3. The van der Waals surface area contributed by atoms with Gasteiger partial charge >= 0.3 is 6.03 Å². The number of anilines is 1. The van der Waals surface area contributed by atoms with Crippen molar-refractivity contribution >= 4 is 22.5 Å². The number of nitrogens with one attached hydrogen (secondary N) is 2. The molecule has 1 aliphatic heterocycles. The highest BCUT2D eigenvalue weighted by Crippen LogP contribution is 2.17. The lowest BCUT2D eigenvalue weighted by Gasteiger charge is -2.35. The van der Waals surface area contributed by atoms with Gasteiger partial charge in [0.15, 0.2) is 5.13 Å². The first-order valence-corrected chi connectivity index (χ1v) is 7.60. The average molecular weight is 282 g/mol. The topological polar surface area (TPSA) is 57.3 Å². The fourth-order valence-electron chi connectivity index (χ4n) is 2.32. The Morgan fingerprint density at radius 1 is 1.58 bits per heavy atom. The molecule has 0 bridgehead atoms. The van der Waals surface area contributed by atoms with Crippen molar-refractivity contribution in [3.05, 3.63) is 11.1 Å². The summed E-state index contributed by atoms with van der Waals surface area (Å²) < 4.78 is 0. The Balaban J connectivity index is 1.81. The van der Waals surface area contributed by atoms with E-state index in [4.69, 9.17) is 0 Å². The molecule has 0 radical (unpaired) electrons. The SMILES string of the molecule is Cc1cnc(NC(=O)N[C@@H]2CCCN(C(C)C)C2)s1. The van der Waals surface area contributed by atoms with E-state index in [1.165, 1.54) is 11.3 Å². The molecule has 19 heavy (non-hydrogen) atoms. The molecule has 2 N–H and O–H groups in total. The molecular weight excluding hydrogens is 260 g/mol. The molecule has 1 aromatic rings. The molecule has 1 aromatic heterocycles. The van der Waals surface area contributed by atoms with Gasteiger partial charge in [0.2, 0.25) is 0 Å². The Morgan fingerprint density at radius 2 is 2.37 bits per heavy atom. The van der Waals surface area contributed by atoms with Crippen LogP contribution in [-0.4, -0.2) is 41.1 Å². The number of hydrogen-bond acceptors (Lipinski definition) is 4. The van der Waals surface area contributed by atoms with E-state index in [1.54, 1.807) is 6.20 Å². The summed E-state index contributed by atoms with van der Waals surface area (Å²) in [6.07, 6.45) is 3.95. The van der Waals surface area contributed by atoms with Crippen molar-refractivity contribution in [3.8, 4) is 0 Å². The normalized spacial score (nSPS) is 20.5. The van der Waals surface area contributed by atoms with Crippen LogP contribution in [0.4, 0.5) is 9.93 Å². The number of aromatic nitrogens is 1. The number of likely N-dealkylation sites (tertiary alicyclic amines) is 1. The van der Waals surface area contributed by atoms with Gasteiger partial charge < -0.3 is 5.32 Å². The molecule has 1 aliphatic rings. The van der Waals surface area contributed by atoms with E-state index in [0.29, 0.717) is 11.2 Å². The van der Waals surface area contributed by atoms with Crippen molar-refractivity contribution in [1.29, 1.82) is 0 Å². The average Bonchev–Trinajstić information content (AvgIpc) is 2.74. The van der Waals surface area contributed by atoms with E-state index in [9.17, 15) is 4.79 Å². The van der Waals surface area contributed by atoms with Gasteiger partial charge in [-0.1, -0.05) is 0 Å². The van der Waals surface area contributed by atoms with Crippen molar-refractivity contribution < 1.29 is 4.79 Å². The maximum atomic E-state index is 11.9. The van der Waals surface area contributed by atoms with Gasteiger partial charge in [0, 0.05) is 29.7 Å². The molecule has 1 atom stereocenters. The summed E-state index contributed by atoms with van der Waals surface area (Å²) in [5, 5.41) is 6.49. The second kappa shape index (κ2) is 6.34. The number of hydrogen-bond donors (Lipinski definition) is 2. The standard InChI is InChI=1S/C13H22N4OS/c1-9(2)17-6-4-5-11(8-17)15-12(18)16-13-14-7-10(3)19-13/h7,9,11H,4-6,8H2,1-3H3,(H2,14,15,16,18)/t11-/m1/s1. The first-order valence-electron chi connectivity index (χ1n) is 6.78. The van der Waals surface area contributed by atoms with E-state index in [1.807, 2.05) is 6.92 Å². The fraction of sp³-hybridized carbons (Fsp3) is 0.692. The monoisotopic (exact) mass is 282 g/mol. The number of urea groups is 1. The van der Waals surface area contributed by atoms with Crippen molar-refractivity contribution in [2.75, 3.05) is 18.4 Å². The third-order valence-electron chi connectivity index (χ3n) is 3.36. The minimum Gasteiger partial charge on any atom is -0.334 e. The van der Waals surface area contributed by atoms with Crippen LogP contribution < -0.4 is 10.6 Å². The zero-order chi connectivity index (χ0) is 13.8. The second-order valence-corrected chi connectivity index (χ2v) is 6.54. The fourth-order valence-corrected chi connectivity index (χ4v) is 2.98. The second-order valence-electron chi connectivity index (χ2n) is 5.30. The smallest absolute Gasteiger partial charge is 0.321 e. The Hall–Kier alpha value is -1.14. The lowest BCUT2D eigenvalue weighted by molar-refractivity contribution is 0.156. The predicted molar refractivity (Wildman–Crippen MR) is 78.7 cm³/mol. The van der Waals surface area contributed by atoms with Gasteiger partial charge in [0.25, 0.3) is 0 Å². The Labute approximate surface area is 118 Å². The lowest BCUT2D eigenvalue weighted by Crippen LogP contribution is -2.50. The zero-order valence-electron chi connectivity index (χ0n) is 11.8. The number of amides is 2. The number of piperidine rings is 1. The maximum Gasteiger partial charge on any atom is 0.321 e. The molecule has 0 saturated carbocycles. The van der Waals surface area contributed by atoms with E-state index < -0.39 is 0 Å². The molecule has 0 spiro atoms. The molecule has 5 nitrogen and oxygen atoms in total. The van der Waals surface area contributed by atoms with Crippen molar-refractivity contribution in [2.24, 2.45) is 0 Å². The minimum absolute atomic E-state index is 0.148. The van der Waals surface area contributed by atoms with Crippen molar-refractivity contribution in [1.82, 2.24) is 15.2 Å². The van der Waals surface area contributed by atoms with Gasteiger partial charge in [-0.05, 0) is 40.2 Å². The number of carbonyl (C=O) groups is 1. The molecule has 1 saturated heterocycles. The predicted octanol–water partition coefficient (Wildman–Crippen LogP) is 2.45. The van der Waals surface area contributed by atoms with Crippen LogP contribution in [0.3, 0.4) is 0 Å². The highest BCUT2D eigenvalue weighted by atomic mass is 32.1. The highest BCUT2D eigenvalue weighted by molar-refractivity contribution is 7.15. The molecule has 0 aromatic carbocycles. The van der Waals surface area contributed by atoms with Crippen LogP contribution in [0.2, 0.25) is 0 Å². The Bertz CT molecular complexity index is 432. The van der Waals surface area contributed by atoms with Crippen LogP contribution >= 0.6 is 11.3 Å². The van der Waals surface area contributed by atoms with Gasteiger partial charge in [-0.25, -0.2) is 9.78 Å². The number of carbonyl (C=O) groups excluding carboxylic acids is 1. The molecular formula is C13H22N4OS. The third kappa shape index (κ3) is 4.18. The van der Waals surface area contributed by atoms with Gasteiger partial charge in [-0.2, -0.15) is 0 Å². The van der Waals surface area contributed by atoms with E-state index in [0.717, 1.165) is 30.8 Å².